The van der Waals surface area contributed by atoms with Gasteiger partial charge in [-0.2, -0.15) is 16.7 Å². The number of hydrogen-bond acceptors (Lipinski definition) is 8. The molecule has 1 aromatic carbocycles. The molecule has 34 heavy (non-hydrogen) atoms. The van der Waals surface area contributed by atoms with E-state index < -0.39 is 20.3 Å². The number of aromatic carboxylic acids is 1. The SMILES string of the molecule is COc1cc(O[Si](C)(C)C(C)(C)C)c(CSC[C@H](NC(C)=O)c2nc(C)no2)c(C(=O)O)c1C. The molecule has 1 aromatic heterocycles. The van der Waals surface area contributed by atoms with Crippen LogP contribution in [0.5, 0.6) is 11.5 Å². The van der Waals surface area contributed by atoms with Crippen LogP contribution >= 0.6 is 11.8 Å². The minimum absolute atomic E-state index is 0.0781. The molecule has 2 aromatic rings. The van der Waals surface area contributed by atoms with Crippen LogP contribution in [0.15, 0.2) is 10.6 Å². The van der Waals surface area contributed by atoms with Gasteiger partial charge in [0, 0.05) is 35.6 Å². The maximum atomic E-state index is 12.3. The molecule has 0 bridgehead atoms. The molecule has 0 aliphatic carbocycles. The van der Waals surface area contributed by atoms with E-state index in [0.717, 1.165) is 0 Å². The van der Waals surface area contributed by atoms with Gasteiger partial charge in [0.25, 0.3) is 0 Å². The Labute approximate surface area is 206 Å². The first-order chi connectivity index (χ1) is 15.7. The van der Waals surface area contributed by atoms with E-state index in [4.69, 9.17) is 13.7 Å². The van der Waals surface area contributed by atoms with E-state index in [9.17, 15) is 14.7 Å². The fourth-order valence-corrected chi connectivity index (χ4v) is 5.21. The van der Waals surface area contributed by atoms with Gasteiger partial charge in [0.15, 0.2) is 5.82 Å². The molecular weight excluding hydrogens is 474 g/mol. The Morgan fingerprint density at radius 1 is 1.26 bits per heavy atom. The number of ether oxygens (including phenoxy) is 1. The Bertz CT molecular complexity index is 1050. The van der Waals surface area contributed by atoms with Crippen molar-refractivity contribution in [1.29, 1.82) is 0 Å². The van der Waals surface area contributed by atoms with Crippen molar-refractivity contribution in [3.8, 4) is 11.5 Å². The van der Waals surface area contributed by atoms with E-state index in [1.165, 1.54) is 25.8 Å². The summed E-state index contributed by atoms with van der Waals surface area (Å²) in [5, 5.41) is 16.6. The Hall–Kier alpha value is -2.53. The smallest absolute Gasteiger partial charge is 0.336 e. The lowest BCUT2D eigenvalue weighted by Gasteiger charge is -2.37. The van der Waals surface area contributed by atoms with Crippen LogP contribution in [0.4, 0.5) is 0 Å². The molecule has 0 spiro atoms. The first-order valence-electron chi connectivity index (χ1n) is 11.0. The van der Waals surface area contributed by atoms with Gasteiger partial charge in [-0.1, -0.05) is 25.9 Å². The molecule has 0 radical (unpaired) electrons. The number of nitrogens with one attached hydrogen (secondary N) is 1. The van der Waals surface area contributed by atoms with E-state index in [1.807, 2.05) is 0 Å². The van der Waals surface area contributed by atoms with Gasteiger partial charge in [-0.05, 0) is 32.0 Å². The van der Waals surface area contributed by atoms with Gasteiger partial charge < -0.3 is 24.1 Å². The van der Waals surface area contributed by atoms with E-state index >= 15 is 0 Å². The summed E-state index contributed by atoms with van der Waals surface area (Å²) in [4.78, 5) is 28.2. The number of carboxylic acid groups (broad SMARTS) is 1. The molecule has 0 saturated heterocycles. The third kappa shape index (κ3) is 6.53. The summed E-state index contributed by atoms with van der Waals surface area (Å²) in [6, 6.07) is 1.28. The van der Waals surface area contributed by atoms with Gasteiger partial charge in [0.05, 0.1) is 12.7 Å². The number of aromatic nitrogens is 2. The number of methoxy groups -OCH3 is 1. The number of amides is 1. The average Bonchev–Trinajstić information content (AvgIpc) is 3.13. The van der Waals surface area contributed by atoms with Crippen LogP contribution in [0.1, 0.15) is 66.9 Å². The number of thioether (sulfide) groups is 1. The Morgan fingerprint density at radius 2 is 1.91 bits per heavy atom. The fraction of sp³-hybridized carbons (Fsp3) is 0.565. The fourth-order valence-electron chi connectivity index (χ4n) is 3.10. The number of rotatable bonds is 10. The summed E-state index contributed by atoms with van der Waals surface area (Å²) in [6.07, 6.45) is 0. The van der Waals surface area contributed by atoms with Crippen molar-refractivity contribution < 1.29 is 28.4 Å². The number of benzene rings is 1. The van der Waals surface area contributed by atoms with Crippen LogP contribution in [-0.2, 0) is 10.5 Å². The molecule has 2 rings (SSSR count). The molecule has 1 amide bonds. The second kappa shape index (κ2) is 10.8. The van der Waals surface area contributed by atoms with E-state index in [1.54, 1.807) is 19.9 Å². The van der Waals surface area contributed by atoms with Crippen molar-refractivity contribution in [3.05, 3.63) is 34.5 Å². The molecule has 0 aliphatic rings. The van der Waals surface area contributed by atoms with Gasteiger partial charge in [-0.15, -0.1) is 0 Å². The number of nitrogens with zero attached hydrogens (tertiary/aromatic N) is 2. The summed E-state index contributed by atoms with van der Waals surface area (Å²) in [5.41, 5.74) is 1.30. The molecule has 0 fully saturated rings. The van der Waals surface area contributed by atoms with Crippen LogP contribution in [0, 0.1) is 13.8 Å². The standard InChI is InChI=1S/C23H35N3O6SSi/c1-13-18(30-7)10-19(32-34(8,9)23(4,5)6)16(20(13)22(28)29)11-33-12-17(25-15(3)27)21-24-14(2)26-31-21/h10,17H,11-12H2,1-9H3,(H,25,27)(H,28,29)/t17-/m0/s1. The highest BCUT2D eigenvalue weighted by atomic mass is 32.2. The van der Waals surface area contributed by atoms with Crippen LogP contribution in [0.3, 0.4) is 0 Å². The predicted molar refractivity (Wildman–Crippen MR) is 134 cm³/mol. The number of carbonyl (C=O) groups excluding carboxylic acids is 1. The van der Waals surface area contributed by atoms with E-state index in [0.29, 0.717) is 45.8 Å². The molecule has 1 heterocycles. The molecule has 0 saturated carbocycles. The normalized spacial score (nSPS) is 12.9. The van der Waals surface area contributed by atoms with Crippen molar-refractivity contribution in [3.63, 3.8) is 0 Å². The molecule has 0 unspecified atom stereocenters. The largest absolute Gasteiger partial charge is 0.543 e. The summed E-state index contributed by atoms with van der Waals surface area (Å²) in [6.45, 7) is 15.5. The lowest BCUT2D eigenvalue weighted by molar-refractivity contribution is -0.119. The second-order valence-electron chi connectivity index (χ2n) is 9.67. The van der Waals surface area contributed by atoms with Gasteiger partial charge in [0.2, 0.25) is 20.1 Å². The molecule has 9 nitrogen and oxygen atoms in total. The molecule has 2 N–H and O–H groups in total. The first-order valence-corrected chi connectivity index (χ1v) is 15.0. The van der Waals surface area contributed by atoms with Gasteiger partial charge in [0.1, 0.15) is 17.5 Å². The lowest BCUT2D eigenvalue weighted by Crippen LogP contribution is -2.44. The van der Waals surface area contributed by atoms with Crippen molar-refractivity contribution in [2.75, 3.05) is 12.9 Å². The van der Waals surface area contributed by atoms with Crippen LogP contribution in [-0.4, -0.2) is 48.3 Å². The van der Waals surface area contributed by atoms with Crippen molar-refractivity contribution >= 4 is 32.0 Å². The van der Waals surface area contributed by atoms with Crippen LogP contribution < -0.4 is 14.5 Å². The maximum absolute atomic E-state index is 12.3. The molecular formula is C23H35N3O6SSi. The molecule has 11 heteroatoms. The number of carboxylic acids is 1. The highest BCUT2D eigenvalue weighted by Crippen LogP contribution is 2.42. The zero-order chi connectivity index (χ0) is 25.8. The van der Waals surface area contributed by atoms with Gasteiger partial charge in [-0.3, -0.25) is 4.79 Å². The Balaban J connectivity index is 2.44. The topological polar surface area (TPSA) is 124 Å². The molecule has 188 valence electrons. The predicted octanol–water partition coefficient (Wildman–Crippen LogP) is 4.89. The number of hydrogen-bond donors (Lipinski definition) is 2. The summed E-state index contributed by atoms with van der Waals surface area (Å²) >= 11 is 1.45. The van der Waals surface area contributed by atoms with Gasteiger partial charge in [-0.25, -0.2) is 4.79 Å². The highest BCUT2D eigenvalue weighted by molar-refractivity contribution is 7.98. The third-order valence-corrected chi connectivity index (χ3v) is 11.4. The van der Waals surface area contributed by atoms with Crippen LogP contribution in [0.25, 0.3) is 0 Å². The van der Waals surface area contributed by atoms with Crippen molar-refractivity contribution in [1.82, 2.24) is 15.5 Å². The lowest BCUT2D eigenvalue weighted by atomic mass is 10.0. The van der Waals surface area contributed by atoms with E-state index in [2.05, 4.69) is 49.3 Å². The Kier molecular flexibility index (Phi) is 8.81. The van der Waals surface area contributed by atoms with Crippen LogP contribution in [0.2, 0.25) is 18.1 Å². The summed E-state index contributed by atoms with van der Waals surface area (Å²) in [7, 11) is -0.752. The Morgan fingerprint density at radius 3 is 2.38 bits per heavy atom. The second-order valence-corrected chi connectivity index (χ2v) is 15.4. The van der Waals surface area contributed by atoms with Gasteiger partial charge >= 0.3 is 5.97 Å². The zero-order valence-corrected chi connectivity index (χ0v) is 23.2. The molecule has 0 aliphatic heterocycles. The maximum Gasteiger partial charge on any atom is 0.336 e. The average molecular weight is 510 g/mol. The minimum Gasteiger partial charge on any atom is -0.543 e. The monoisotopic (exact) mass is 509 g/mol. The van der Waals surface area contributed by atoms with Crippen molar-refractivity contribution in [2.24, 2.45) is 0 Å². The summed E-state index contributed by atoms with van der Waals surface area (Å²) in [5.74, 6) is 1.25. The van der Waals surface area contributed by atoms with Crippen molar-refractivity contribution in [2.45, 2.75) is 71.5 Å². The number of aryl methyl sites for hydroxylation is 1. The number of carbonyl (C=O) groups is 2. The quantitative estimate of drug-likeness (QED) is 0.431. The summed E-state index contributed by atoms with van der Waals surface area (Å²) < 4.78 is 17.3. The van der Waals surface area contributed by atoms with E-state index in [-0.39, 0.29) is 16.5 Å². The highest BCUT2D eigenvalue weighted by Gasteiger charge is 2.40. The first kappa shape index (κ1) is 27.7. The molecule has 1 atom stereocenters. The third-order valence-electron chi connectivity index (χ3n) is 5.96. The zero-order valence-electron chi connectivity index (χ0n) is 21.4. The minimum atomic E-state index is -2.27.